The van der Waals surface area contributed by atoms with Gasteiger partial charge in [-0.05, 0) is 25.1 Å². The molecular weight excluding hydrogens is 174 g/mol. The average Bonchev–Trinajstić information content (AvgIpc) is 2.78. The van der Waals surface area contributed by atoms with Gasteiger partial charge < -0.3 is 8.98 Å². The number of hydrogen-bond acceptors (Lipinski definition) is 1. The molecule has 0 radical (unpaired) electrons. The van der Waals surface area contributed by atoms with E-state index in [4.69, 9.17) is 4.42 Å². The van der Waals surface area contributed by atoms with E-state index in [2.05, 4.69) is 35.9 Å². The Balaban J connectivity index is 2.47. The van der Waals surface area contributed by atoms with Crippen LogP contribution in [-0.4, -0.2) is 4.57 Å². The second kappa shape index (κ2) is 2.64. The maximum atomic E-state index is 5.38. The number of fused-ring (bicyclic) bond motifs is 2. The number of aromatic nitrogens is 1. The highest BCUT2D eigenvalue weighted by molar-refractivity contribution is 5.94. The number of hydrogen-bond donors (Lipinski definition) is 0. The fourth-order valence-electron chi connectivity index (χ4n) is 1.92. The SMILES string of the molecule is CCn1ccc2cc3ccoc3cc21. The fraction of sp³-hybridized carbons (Fsp3) is 0.167. The smallest absolute Gasteiger partial charge is 0.135 e. The third-order valence-electron chi connectivity index (χ3n) is 2.69. The van der Waals surface area contributed by atoms with E-state index in [1.165, 1.54) is 16.3 Å². The molecule has 0 spiro atoms. The van der Waals surface area contributed by atoms with Crippen LogP contribution in [-0.2, 0) is 6.54 Å². The maximum Gasteiger partial charge on any atom is 0.135 e. The molecule has 0 aliphatic rings. The molecule has 0 saturated carbocycles. The van der Waals surface area contributed by atoms with Crippen molar-refractivity contribution >= 4 is 21.9 Å². The first-order chi connectivity index (χ1) is 6.88. The van der Waals surface area contributed by atoms with E-state index in [1.54, 1.807) is 6.26 Å². The molecule has 2 heterocycles. The Bertz CT molecular complexity index is 588. The van der Waals surface area contributed by atoms with Gasteiger partial charge in [0.15, 0.2) is 0 Å². The molecule has 0 atom stereocenters. The van der Waals surface area contributed by atoms with E-state index in [0.29, 0.717) is 0 Å². The summed E-state index contributed by atoms with van der Waals surface area (Å²) in [6, 6.07) is 8.41. The van der Waals surface area contributed by atoms with Crippen molar-refractivity contribution in [2.75, 3.05) is 0 Å². The molecule has 0 fully saturated rings. The molecule has 0 bridgehead atoms. The lowest BCUT2D eigenvalue weighted by atomic mass is 10.2. The van der Waals surface area contributed by atoms with Crippen molar-refractivity contribution in [2.24, 2.45) is 0 Å². The third-order valence-corrected chi connectivity index (χ3v) is 2.69. The molecule has 0 unspecified atom stereocenters. The summed E-state index contributed by atoms with van der Waals surface area (Å²) < 4.78 is 7.60. The van der Waals surface area contributed by atoms with Crippen molar-refractivity contribution in [1.82, 2.24) is 4.57 Å². The minimum atomic E-state index is 0.964. The molecule has 1 aromatic carbocycles. The average molecular weight is 185 g/mol. The zero-order valence-corrected chi connectivity index (χ0v) is 8.03. The Hall–Kier alpha value is -1.70. The molecule has 2 heteroatoms. The summed E-state index contributed by atoms with van der Waals surface area (Å²) in [6.45, 7) is 3.14. The van der Waals surface area contributed by atoms with E-state index in [9.17, 15) is 0 Å². The highest BCUT2D eigenvalue weighted by Gasteiger charge is 2.03. The van der Waals surface area contributed by atoms with Gasteiger partial charge in [0.05, 0.1) is 11.8 Å². The maximum absolute atomic E-state index is 5.38. The second-order valence-electron chi connectivity index (χ2n) is 3.47. The van der Waals surface area contributed by atoms with Crippen molar-refractivity contribution in [3.8, 4) is 0 Å². The third kappa shape index (κ3) is 0.909. The molecule has 0 aliphatic heterocycles. The summed E-state index contributed by atoms with van der Waals surface area (Å²) >= 11 is 0. The first kappa shape index (κ1) is 7.68. The molecule has 3 aromatic rings. The van der Waals surface area contributed by atoms with Crippen LogP contribution in [0.2, 0.25) is 0 Å². The first-order valence-electron chi connectivity index (χ1n) is 4.84. The molecule has 0 amide bonds. The Morgan fingerprint density at radius 2 is 2.14 bits per heavy atom. The Morgan fingerprint density at radius 1 is 1.21 bits per heavy atom. The summed E-state index contributed by atoms with van der Waals surface area (Å²) in [4.78, 5) is 0. The van der Waals surface area contributed by atoms with Gasteiger partial charge in [-0.1, -0.05) is 0 Å². The summed E-state index contributed by atoms with van der Waals surface area (Å²) in [5.74, 6) is 0. The van der Waals surface area contributed by atoms with Crippen LogP contribution in [0.4, 0.5) is 0 Å². The number of furan rings is 1. The molecule has 0 N–H and O–H groups in total. The molecule has 2 aromatic heterocycles. The summed E-state index contributed by atoms with van der Waals surface area (Å²) in [7, 11) is 0. The van der Waals surface area contributed by atoms with E-state index in [1.807, 2.05) is 6.07 Å². The Kier molecular flexibility index (Phi) is 1.45. The van der Waals surface area contributed by atoms with Crippen LogP contribution in [0.5, 0.6) is 0 Å². The van der Waals surface area contributed by atoms with Crippen LogP contribution in [0.15, 0.2) is 41.1 Å². The van der Waals surface area contributed by atoms with Crippen molar-refractivity contribution < 1.29 is 4.42 Å². The summed E-state index contributed by atoms with van der Waals surface area (Å²) in [6.07, 6.45) is 3.85. The van der Waals surface area contributed by atoms with Crippen LogP contribution in [0.3, 0.4) is 0 Å². The lowest BCUT2D eigenvalue weighted by molar-refractivity contribution is 0.616. The largest absolute Gasteiger partial charge is 0.464 e. The predicted octanol–water partition coefficient (Wildman–Crippen LogP) is 3.41. The summed E-state index contributed by atoms with van der Waals surface area (Å²) in [5.41, 5.74) is 2.21. The van der Waals surface area contributed by atoms with E-state index in [0.717, 1.165) is 12.1 Å². The van der Waals surface area contributed by atoms with E-state index in [-0.39, 0.29) is 0 Å². The van der Waals surface area contributed by atoms with Gasteiger partial charge in [0.25, 0.3) is 0 Å². The van der Waals surface area contributed by atoms with Gasteiger partial charge in [0, 0.05) is 29.6 Å². The minimum Gasteiger partial charge on any atom is -0.464 e. The monoisotopic (exact) mass is 185 g/mol. The van der Waals surface area contributed by atoms with Gasteiger partial charge in [0.2, 0.25) is 0 Å². The fourth-order valence-corrected chi connectivity index (χ4v) is 1.92. The molecule has 70 valence electrons. The Morgan fingerprint density at radius 3 is 3.00 bits per heavy atom. The highest BCUT2D eigenvalue weighted by Crippen LogP contribution is 2.24. The molecule has 0 aliphatic carbocycles. The minimum absolute atomic E-state index is 0.964. The number of benzene rings is 1. The van der Waals surface area contributed by atoms with Crippen molar-refractivity contribution in [3.05, 3.63) is 36.7 Å². The number of rotatable bonds is 1. The molecule has 2 nitrogen and oxygen atoms in total. The lowest BCUT2D eigenvalue weighted by Crippen LogP contribution is -1.89. The van der Waals surface area contributed by atoms with Crippen LogP contribution in [0.25, 0.3) is 21.9 Å². The van der Waals surface area contributed by atoms with Crippen molar-refractivity contribution in [1.29, 1.82) is 0 Å². The second-order valence-corrected chi connectivity index (χ2v) is 3.47. The molecular formula is C12H11NO. The van der Waals surface area contributed by atoms with Gasteiger partial charge in [-0.25, -0.2) is 0 Å². The molecule has 14 heavy (non-hydrogen) atoms. The van der Waals surface area contributed by atoms with Gasteiger partial charge in [-0.15, -0.1) is 0 Å². The lowest BCUT2D eigenvalue weighted by Gasteiger charge is -1.99. The van der Waals surface area contributed by atoms with Crippen molar-refractivity contribution in [3.63, 3.8) is 0 Å². The number of nitrogens with zero attached hydrogens (tertiary/aromatic N) is 1. The summed E-state index contributed by atoms with van der Waals surface area (Å²) in [5, 5.41) is 2.45. The standard InChI is InChI=1S/C12H11NO/c1-2-13-5-3-9-7-10-4-6-14-12(10)8-11(9)13/h3-8H,2H2,1H3. The van der Waals surface area contributed by atoms with E-state index >= 15 is 0 Å². The van der Waals surface area contributed by atoms with Crippen LogP contribution in [0.1, 0.15) is 6.92 Å². The van der Waals surface area contributed by atoms with Gasteiger partial charge in [-0.3, -0.25) is 0 Å². The van der Waals surface area contributed by atoms with Crippen molar-refractivity contribution in [2.45, 2.75) is 13.5 Å². The van der Waals surface area contributed by atoms with Gasteiger partial charge >= 0.3 is 0 Å². The van der Waals surface area contributed by atoms with Crippen LogP contribution >= 0.6 is 0 Å². The first-order valence-corrected chi connectivity index (χ1v) is 4.84. The van der Waals surface area contributed by atoms with E-state index < -0.39 is 0 Å². The number of aryl methyl sites for hydroxylation is 1. The predicted molar refractivity (Wildman–Crippen MR) is 57.4 cm³/mol. The Labute approximate surface area is 81.7 Å². The molecule has 3 rings (SSSR count). The quantitative estimate of drug-likeness (QED) is 0.568. The van der Waals surface area contributed by atoms with Crippen LogP contribution < -0.4 is 0 Å². The topological polar surface area (TPSA) is 18.1 Å². The van der Waals surface area contributed by atoms with Gasteiger partial charge in [0.1, 0.15) is 5.58 Å². The highest BCUT2D eigenvalue weighted by atomic mass is 16.3. The zero-order valence-electron chi connectivity index (χ0n) is 8.03. The normalized spacial score (nSPS) is 11.5. The zero-order chi connectivity index (χ0) is 9.54. The van der Waals surface area contributed by atoms with Crippen LogP contribution in [0, 0.1) is 0 Å². The molecule has 0 saturated heterocycles. The van der Waals surface area contributed by atoms with Gasteiger partial charge in [-0.2, -0.15) is 0 Å².